The molecule has 0 unspecified atom stereocenters. The molecule has 1 aliphatic rings. The molecule has 0 atom stereocenters. The summed E-state index contributed by atoms with van der Waals surface area (Å²) in [6.07, 6.45) is 0. The zero-order chi connectivity index (χ0) is 14.1. The molecule has 0 saturated heterocycles. The highest BCUT2D eigenvalue weighted by Crippen LogP contribution is 2.35. The zero-order valence-electron chi connectivity index (χ0n) is 10.8. The topological polar surface area (TPSA) is 38.8 Å². The number of nitrogens with zero attached hydrogens (tertiary/aromatic N) is 1. The highest BCUT2D eigenvalue weighted by Gasteiger charge is 2.19. The van der Waals surface area contributed by atoms with Gasteiger partial charge in [-0.1, -0.05) is 23.7 Å². The molecule has 20 heavy (non-hydrogen) atoms. The molecule has 0 spiro atoms. The molecule has 1 amide bonds. The van der Waals surface area contributed by atoms with Crippen molar-refractivity contribution in [2.24, 2.45) is 0 Å². The maximum Gasteiger partial charge on any atom is 0.259 e. The second-order valence-electron chi connectivity index (χ2n) is 4.38. The molecule has 0 aliphatic carbocycles. The van der Waals surface area contributed by atoms with E-state index in [1.54, 1.807) is 43.4 Å². The quantitative estimate of drug-likeness (QED) is 0.851. The fourth-order valence-corrected chi connectivity index (χ4v) is 2.24. The van der Waals surface area contributed by atoms with Crippen LogP contribution in [-0.2, 0) is 0 Å². The fraction of sp³-hybridized carbons (Fsp3) is 0.133. The number of anilines is 1. The van der Waals surface area contributed by atoms with Gasteiger partial charge in [-0.25, -0.2) is 0 Å². The summed E-state index contributed by atoms with van der Waals surface area (Å²) >= 11 is 6.05. The van der Waals surface area contributed by atoms with Crippen LogP contribution in [0.2, 0.25) is 5.02 Å². The molecule has 1 aliphatic heterocycles. The molecule has 5 heteroatoms. The third-order valence-corrected chi connectivity index (χ3v) is 3.48. The number of rotatable bonds is 2. The van der Waals surface area contributed by atoms with Crippen LogP contribution >= 0.6 is 11.6 Å². The Kier molecular flexibility index (Phi) is 3.24. The number of carbonyl (C=O) groups excluding carboxylic acids is 1. The van der Waals surface area contributed by atoms with Gasteiger partial charge in [0.2, 0.25) is 6.79 Å². The second-order valence-corrected chi connectivity index (χ2v) is 4.79. The normalized spacial score (nSPS) is 12.3. The first-order valence-corrected chi connectivity index (χ1v) is 6.47. The minimum Gasteiger partial charge on any atom is -0.454 e. The number of hydrogen-bond acceptors (Lipinski definition) is 3. The Hall–Kier alpha value is -2.20. The molecule has 3 rings (SSSR count). The van der Waals surface area contributed by atoms with Crippen molar-refractivity contribution in [3.63, 3.8) is 0 Å². The highest BCUT2D eigenvalue weighted by molar-refractivity contribution is 6.34. The van der Waals surface area contributed by atoms with Crippen LogP contribution in [0.4, 0.5) is 5.69 Å². The summed E-state index contributed by atoms with van der Waals surface area (Å²) in [5, 5.41) is 0.435. The number of amides is 1. The number of halogens is 1. The molecule has 0 N–H and O–H groups in total. The van der Waals surface area contributed by atoms with Crippen LogP contribution in [-0.4, -0.2) is 19.7 Å². The van der Waals surface area contributed by atoms with Crippen molar-refractivity contribution in [1.82, 2.24) is 0 Å². The van der Waals surface area contributed by atoms with E-state index in [2.05, 4.69) is 0 Å². The molecular weight excluding hydrogens is 278 g/mol. The monoisotopic (exact) mass is 289 g/mol. The van der Waals surface area contributed by atoms with E-state index in [1.807, 2.05) is 6.07 Å². The van der Waals surface area contributed by atoms with Crippen molar-refractivity contribution in [2.45, 2.75) is 0 Å². The number of hydrogen-bond donors (Lipinski definition) is 0. The standard InChI is InChI=1S/C15H12ClNO3/c1-17(15(18)11-4-2-3-5-12(11)16)10-6-7-13-14(8-10)20-9-19-13/h2-8H,9H2,1H3. The van der Waals surface area contributed by atoms with Crippen LogP contribution in [0.5, 0.6) is 11.5 Å². The minimum absolute atomic E-state index is 0.172. The average molecular weight is 290 g/mol. The van der Waals surface area contributed by atoms with Crippen LogP contribution in [0.1, 0.15) is 10.4 Å². The van der Waals surface area contributed by atoms with E-state index >= 15 is 0 Å². The number of ether oxygens (including phenoxy) is 2. The van der Waals surface area contributed by atoms with E-state index in [-0.39, 0.29) is 12.7 Å². The van der Waals surface area contributed by atoms with E-state index in [9.17, 15) is 4.79 Å². The Labute approximate surface area is 121 Å². The summed E-state index contributed by atoms with van der Waals surface area (Å²) in [6.45, 7) is 0.209. The van der Waals surface area contributed by atoms with E-state index in [0.29, 0.717) is 22.1 Å². The molecule has 0 bridgehead atoms. The first kappa shape index (κ1) is 12.8. The van der Waals surface area contributed by atoms with E-state index in [0.717, 1.165) is 5.69 Å². The van der Waals surface area contributed by atoms with Crippen molar-refractivity contribution in [3.05, 3.63) is 53.1 Å². The smallest absolute Gasteiger partial charge is 0.259 e. The van der Waals surface area contributed by atoms with Crippen molar-refractivity contribution >= 4 is 23.2 Å². The van der Waals surface area contributed by atoms with Gasteiger partial charge in [0, 0.05) is 18.8 Å². The first-order chi connectivity index (χ1) is 9.66. The van der Waals surface area contributed by atoms with E-state index in [4.69, 9.17) is 21.1 Å². The lowest BCUT2D eigenvalue weighted by atomic mass is 10.2. The summed E-state index contributed by atoms with van der Waals surface area (Å²) in [7, 11) is 1.70. The maximum atomic E-state index is 12.4. The summed E-state index contributed by atoms with van der Waals surface area (Å²) in [4.78, 5) is 14.0. The second kappa shape index (κ2) is 5.06. The van der Waals surface area contributed by atoms with Crippen LogP contribution in [0.15, 0.2) is 42.5 Å². The largest absolute Gasteiger partial charge is 0.454 e. The van der Waals surface area contributed by atoms with E-state index in [1.165, 1.54) is 4.90 Å². The molecule has 2 aromatic carbocycles. The third-order valence-electron chi connectivity index (χ3n) is 3.15. The van der Waals surface area contributed by atoms with Crippen molar-refractivity contribution in [3.8, 4) is 11.5 Å². The van der Waals surface area contributed by atoms with Crippen LogP contribution in [0, 0.1) is 0 Å². The van der Waals surface area contributed by atoms with Crippen molar-refractivity contribution in [1.29, 1.82) is 0 Å². The minimum atomic E-state index is -0.172. The van der Waals surface area contributed by atoms with Crippen molar-refractivity contribution in [2.75, 3.05) is 18.7 Å². The van der Waals surface area contributed by atoms with Gasteiger partial charge in [-0.05, 0) is 24.3 Å². The highest BCUT2D eigenvalue weighted by atomic mass is 35.5. The Bertz CT molecular complexity index is 672. The first-order valence-electron chi connectivity index (χ1n) is 6.09. The molecule has 102 valence electrons. The Morgan fingerprint density at radius 2 is 1.90 bits per heavy atom. The Morgan fingerprint density at radius 1 is 1.15 bits per heavy atom. The predicted octanol–water partition coefficient (Wildman–Crippen LogP) is 3.35. The van der Waals surface area contributed by atoms with Gasteiger partial charge >= 0.3 is 0 Å². The molecular formula is C15H12ClNO3. The summed E-state index contributed by atoms with van der Waals surface area (Å²) in [6, 6.07) is 12.3. The van der Waals surface area contributed by atoms with Gasteiger partial charge in [0.05, 0.1) is 10.6 Å². The van der Waals surface area contributed by atoms with Crippen LogP contribution < -0.4 is 14.4 Å². The van der Waals surface area contributed by atoms with Crippen LogP contribution in [0.25, 0.3) is 0 Å². The number of fused-ring (bicyclic) bond motifs is 1. The number of carbonyl (C=O) groups is 1. The fourth-order valence-electron chi connectivity index (χ4n) is 2.03. The lowest BCUT2D eigenvalue weighted by molar-refractivity contribution is 0.0993. The third kappa shape index (κ3) is 2.18. The molecule has 0 fully saturated rings. The van der Waals surface area contributed by atoms with Crippen molar-refractivity contribution < 1.29 is 14.3 Å². The molecule has 0 radical (unpaired) electrons. The molecule has 0 saturated carbocycles. The van der Waals surface area contributed by atoms with Gasteiger partial charge < -0.3 is 14.4 Å². The van der Waals surface area contributed by atoms with E-state index < -0.39 is 0 Å². The summed E-state index contributed by atoms with van der Waals surface area (Å²) < 4.78 is 10.6. The van der Waals surface area contributed by atoms with Gasteiger partial charge in [0.1, 0.15) is 0 Å². The average Bonchev–Trinajstić information content (AvgIpc) is 2.93. The van der Waals surface area contributed by atoms with Gasteiger partial charge in [-0.3, -0.25) is 4.79 Å². The predicted molar refractivity (Wildman–Crippen MR) is 76.8 cm³/mol. The van der Waals surface area contributed by atoms with Gasteiger partial charge in [-0.2, -0.15) is 0 Å². The summed E-state index contributed by atoms with van der Waals surface area (Å²) in [5.41, 5.74) is 1.19. The zero-order valence-corrected chi connectivity index (χ0v) is 11.6. The van der Waals surface area contributed by atoms with Gasteiger partial charge in [-0.15, -0.1) is 0 Å². The lowest BCUT2D eigenvalue weighted by Gasteiger charge is -2.18. The SMILES string of the molecule is CN(C(=O)c1ccccc1Cl)c1ccc2c(c1)OCO2. The molecule has 4 nitrogen and oxygen atoms in total. The Morgan fingerprint density at radius 3 is 2.70 bits per heavy atom. The molecule has 1 heterocycles. The molecule has 2 aromatic rings. The summed E-state index contributed by atoms with van der Waals surface area (Å²) in [5.74, 6) is 1.16. The maximum absolute atomic E-state index is 12.4. The Balaban J connectivity index is 1.91. The number of benzene rings is 2. The molecule has 0 aromatic heterocycles. The van der Waals surface area contributed by atoms with Crippen LogP contribution in [0.3, 0.4) is 0 Å². The lowest BCUT2D eigenvalue weighted by Crippen LogP contribution is -2.26. The van der Waals surface area contributed by atoms with Gasteiger partial charge in [0.15, 0.2) is 11.5 Å². The van der Waals surface area contributed by atoms with Gasteiger partial charge in [0.25, 0.3) is 5.91 Å².